The molecule has 1 nitrogen and oxygen atoms in total. The first-order chi connectivity index (χ1) is 12.7. The molecule has 0 spiro atoms. The number of unbranched alkanes of at least 4 members (excludes halogenated alkanes) is 5. The van der Waals surface area contributed by atoms with Gasteiger partial charge in [0.15, 0.2) is 0 Å². The van der Waals surface area contributed by atoms with E-state index in [4.69, 9.17) is 0 Å². The van der Waals surface area contributed by atoms with E-state index in [2.05, 4.69) is 25.7 Å². The number of hydrogen-bond acceptors (Lipinski definition) is 1. The van der Waals surface area contributed by atoms with E-state index in [9.17, 15) is 0 Å². The highest BCUT2D eigenvalue weighted by Crippen LogP contribution is 2.39. The van der Waals surface area contributed by atoms with E-state index < -0.39 is 0 Å². The third kappa shape index (κ3) is 7.17. The molecule has 2 aliphatic rings. The SMILES string of the molecule is CCCCCCC(C)(CCCCC)N1CCC2CCCCCCCC2C1. The average molecular weight is 364 g/mol. The first-order valence-corrected chi connectivity index (χ1v) is 12.4. The summed E-state index contributed by atoms with van der Waals surface area (Å²) in [4.78, 5) is 2.98. The van der Waals surface area contributed by atoms with Crippen molar-refractivity contribution in [3.8, 4) is 0 Å². The van der Waals surface area contributed by atoms with Gasteiger partial charge in [0.05, 0.1) is 0 Å². The highest BCUT2D eigenvalue weighted by Gasteiger charge is 2.37. The van der Waals surface area contributed by atoms with E-state index >= 15 is 0 Å². The molecule has 0 aromatic rings. The Kier molecular flexibility index (Phi) is 10.6. The molecule has 1 saturated carbocycles. The van der Waals surface area contributed by atoms with Gasteiger partial charge in [0, 0.05) is 12.1 Å². The molecule has 0 aromatic carbocycles. The van der Waals surface area contributed by atoms with E-state index in [0.717, 1.165) is 11.8 Å². The second-order valence-electron chi connectivity index (χ2n) is 9.86. The molecule has 26 heavy (non-hydrogen) atoms. The van der Waals surface area contributed by atoms with Crippen LogP contribution in [0.2, 0.25) is 0 Å². The first-order valence-electron chi connectivity index (χ1n) is 12.4. The monoisotopic (exact) mass is 363 g/mol. The molecule has 1 aliphatic heterocycles. The van der Waals surface area contributed by atoms with Crippen molar-refractivity contribution >= 4 is 0 Å². The second-order valence-corrected chi connectivity index (χ2v) is 9.86. The molecule has 0 bridgehead atoms. The molecule has 2 rings (SSSR count). The fourth-order valence-corrected chi connectivity index (χ4v) is 5.75. The summed E-state index contributed by atoms with van der Waals surface area (Å²) in [6, 6.07) is 0. The molecule has 0 N–H and O–H groups in total. The Labute approximate surface area is 165 Å². The van der Waals surface area contributed by atoms with Crippen LogP contribution < -0.4 is 0 Å². The summed E-state index contributed by atoms with van der Waals surface area (Å²) < 4.78 is 0. The normalized spacial score (nSPS) is 27.8. The molecule has 1 aliphatic carbocycles. The van der Waals surface area contributed by atoms with Crippen LogP contribution in [0.5, 0.6) is 0 Å². The molecule has 3 atom stereocenters. The Bertz CT molecular complexity index is 352. The van der Waals surface area contributed by atoms with Crippen molar-refractivity contribution < 1.29 is 0 Å². The van der Waals surface area contributed by atoms with Gasteiger partial charge in [-0.25, -0.2) is 0 Å². The summed E-state index contributed by atoms with van der Waals surface area (Å²) in [7, 11) is 0. The van der Waals surface area contributed by atoms with Gasteiger partial charge in [-0.3, -0.25) is 4.90 Å². The van der Waals surface area contributed by atoms with E-state index in [1.807, 2.05) is 0 Å². The standard InChI is InChI=1S/C25H49N/c1-4-6-8-15-20-25(3,19-14-7-5-2)26-21-18-23-16-12-10-9-11-13-17-24(23)22-26/h23-24H,4-22H2,1-3H3. The summed E-state index contributed by atoms with van der Waals surface area (Å²) >= 11 is 0. The van der Waals surface area contributed by atoms with Gasteiger partial charge < -0.3 is 0 Å². The van der Waals surface area contributed by atoms with Crippen molar-refractivity contribution in [1.82, 2.24) is 4.90 Å². The second kappa shape index (κ2) is 12.4. The highest BCUT2D eigenvalue weighted by molar-refractivity contribution is 4.92. The minimum Gasteiger partial charge on any atom is -0.298 e. The van der Waals surface area contributed by atoms with Crippen LogP contribution in [0, 0.1) is 11.8 Å². The van der Waals surface area contributed by atoms with Gasteiger partial charge in [0.25, 0.3) is 0 Å². The van der Waals surface area contributed by atoms with Crippen LogP contribution >= 0.6 is 0 Å². The zero-order chi connectivity index (χ0) is 18.7. The van der Waals surface area contributed by atoms with E-state index in [0.29, 0.717) is 5.54 Å². The summed E-state index contributed by atoms with van der Waals surface area (Å²) in [5, 5.41) is 0. The predicted molar refractivity (Wildman–Crippen MR) is 117 cm³/mol. The van der Waals surface area contributed by atoms with Crippen LogP contribution in [0.25, 0.3) is 0 Å². The van der Waals surface area contributed by atoms with Crippen LogP contribution in [0.15, 0.2) is 0 Å². The number of nitrogens with zero attached hydrogens (tertiary/aromatic N) is 1. The van der Waals surface area contributed by atoms with Crippen LogP contribution in [0.3, 0.4) is 0 Å². The molecule has 1 heteroatoms. The molecular formula is C25H49N. The zero-order valence-electron chi connectivity index (χ0n) is 18.5. The lowest BCUT2D eigenvalue weighted by atomic mass is 9.77. The number of likely N-dealkylation sites (tertiary alicyclic amines) is 1. The lowest BCUT2D eigenvalue weighted by Gasteiger charge is -2.49. The highest BCUT2D eigenvalue weighted by atomic mass is 15.2. The van der Waals surface area contributed by atoms with Gasteiger partial charge in [-0.1, -0.05) is 97.3 Å². The summed E-state index contributed by atoms with van der Waals surface area (Å²) in [5.41, 5.74) is 0.478. The average Bonchev–Trinajstić information content (AvgIpc) is 2.77. The maximum atomic E-state index is 2.98. The number of fused-ring (bicyclic) bond motifs is 1. The Balaban J connectivity index is 1.96. The number of piperidine rings is 1. The molecule has 1 saturated heterocycles. The van der Waals surface area contributed by atoms with Crippen LogP contribution in [0.4, 0.5) is 0 Å². The zero-order valence-corrected chi connectivity index (χ0v) is 18.5. The Hall–Kier alpha value is -0.0400. The molecular weight excluding hydrogens is 314 g/mol. The van der Waals surface area contributed by atoms with Crippen molar-refractivity contribution in [2.45, 2.75) is 135 Å². The lowest BCUT2D eigenvalue weighted by Crippen LogP contribution is -2.53. The fourth-order valence-electron chi connectivity index (χ4n) is 5.75. The van der Waals surface area contributed by atoms with Gasteiger partial charge in [0.1, 0.15) is 0 Å². The summed E-state index contributed by atoms with van der Waals surface area (Å²) in [6.07, 6.45) is 24.8. The van der Waals surface area contributed by atoms with Gasteiger partial charge in [-0.05, 0) is 51.0 Å². The number of rotatable bonds is 10. The van der Waals surface area contributed by atoms with Crippen molar-refractivity contribution in [2.75, 3.05) is 13.1 Å². The van der Waals surface area contributed by atoms with Crippen LogP contribution in [-0.4, -0.2) is 23.5 Å². The molecule has 3 unspecified atom stereocenters. The minimum absolute atomic E-state index is 0.478. The fraction of sp³-hybridized carbons (Fsp3) is 1.00. The largest absolute Gasteiger partial charge is 0.298 e. The Morgan fingerprint density at radius 3 is 1.96 bits per heavy atom. The number of hydrogen-bond donors (Lipinski definition) is 0. The van der Waals surface area contributed by atoms with Gasteiger partial charge in [-0.15, -0.1) is 0 Å². The quantitative estimate of drug-likeness (QED) is 0.356. The third-order valence-electron chi connectivity index (χ3n) is 7.69. The predicted octanol–water partition coefficient (Wildman–Crippen LogP) is 7.98. The summed E-state index contributed by atoms with van der Waals surface area (Å²) in [5.74, 6) is 2.05. The first kappa shape index (κ1) is 22.3. The summed E-state index contributed by atoms with van der Waals surface area (Å²) in [6.45, 7) is 10.1. The Morgan fingerprint density at radius 2 is 1.27 bits per heavy atom. The van der Waals surface area contributed by atoms with Gasteiger partial charge in [0.2, 0.25) is 0 Å². The smallest absolute Gasteiger partial charge is 0.0181 e. The maximum absolute atomic E-state index is 2.98. The molecule has 1 heterocycles. The van der Waals surface area contributed by atoms with Gasteiger partial charge >= 0.3 is 0 Å². The van der Waals surface area contributed by atoms with E-state index in [1.54, 1.807) is 0 Å². The molecule has 0 aromatic heterocycles. The lowest BCUT2D eigenvalue weighted by molar-refractivity contribution is 0.00908. The molecule has 2 fully saturated rings. The van der Waals surface area contributed by atoms with Crippen molar-refractivity contribution in [1.29, 1.82) is 0 Å². The maximum Gasteiger partial charge on any atom is 0.0181 e. The van der Waals surface area contributed by atoms with Crippen LogP contribution in [-0.2, 0) is 0 Å². The topological polar surface area (TPSA) is 3.24 Å². The minimum atomic E-state index is 0.478. The van der Waals surface area contributed by atoms with E-state index in [-0.39, 0.29) is 0 Å². The molecule has 0 radical (unpaired) electrons. The van der Waals surface area contributed by atoms with Crippen molar-refractivity contribution in [3.63, 3.8) is 0 Å². The van der Waals surface area contributed by atoms with Crippen molar-refractivity contribution in [2.24, 2.45) is 11.8 Å². The van der Waals surface area contributed by atoms with Crippen molar-refractivity contribution in [3.05, 3.63) is 0 Å². The third-order valence-corrected chi connectivity index (χ3v) is 7.69. The molecule has 154 valence electrons. The van der Waals surface area contributed by atoms with Crippen LogP contribution in [0.1, 0.15) is 130 Å². The van der Waals surface area contributed by atoms with Gasteiger partial charge in [-0.2, -0.15) is 0 Å². The van der Waals surface area contributed by atoms with E-state index in [1.165, 1.54) is 122 Å². The molecule has 0 amide bonds. The Morgan fingerprint density at radius 1 is 0.692 bits per heavy atom.